The van der Waals surface area contributed by atoms with E-state index in [1.165, 1.54) is 32.3 Å². The van der Waals surface area contributed by atoms with Crippen LogP contribution in [-0.4, -0.2) is 0 Å². The van der Waals surface area contributed by atoms with Gasteiger partial charge in [0.1, 0.15) is 5.76 Å². The van der Waals surface area contributed by atoms with Gasteiger partial charge in [0, 0.05) is 10.9 Å². The Bertz CT molecular complexity index is 1150. The molecule has 23 heavy (non-hydrogen) atoms. The highest BCUT2D eigenvalue weighted by atomic mass is 16.3. The van der Waals surface area contributed by atoms with Gasteiger partial charge in [0.05, 0.1) is 6.26 Å². The Morgan fingerprint density at radius 2 is 1.35 bits per heavy atom. The Morgan fingerprint density at radius 3 is 2.17 bits per heavy atom. The number of benzene rings is 4. The van der Waals surface area contributed by atoms with Crippen molar-refractivity contribution in [1.29, 1.82) is 0 Å². The van der Waals surface area contributed by atoms with Crippen LogP contribution in [0.15, 0.2) is 89.5 Å². The van der Waals surface area contributed by atoms with Gasteiger partial charge in [-0.3, -0.25) is 0 Å². The van der Waals surface area contributed by atoms with Crippen LogP contribution in [0.2, 0.25) is 0 Å². The van der Waals surface area contributed by atoms with Crippen molar-refractivity contribution >= 4 is 32.3 Å². The molecule has 1 aromatic heterocycles. The Hall–Kier alpha value is -3.06. The normalized spacial score (nSPS) is 11.5. The maximum atomic E-state index is 5.66. The van der Waals surface area contributed by atoms with Gasteiger partial charge in [0.25, 0.3) is 0 Å². The molecule has 1 heterocycles. The van der Waals surface area contributed by atoms with Crippen molar-refractivity contribution in [3.05, 3.63) is 85.1 Å². The summed E-state index contributed by atoms with van der Waals surface area (Å²) in [5, 5.41) is 7.56. The van der Waals surface area contributed by atoms with Crippen molar-refractivity contribution in [2.45, 2.75) is 0 Å². The van der Waals surface area contributed by atoms with Gasteiger partial charge in [0.2, 0.25) is 0 Å². The van der Waals surface area contributed by atoms with Crippen LogP contribution in [0.25, 0.3) is 43.6 Å². The molecule has 0 unspecified atom stereocenters. The molecule has 1 heteroatoms. The van der Waals surface area contributed by atoms with Crippen LogP contribution < -0.4 is 0 Å². The Balaban J connectivity index is 2.00. The molecule has 0 radical (unpaired) electrons. The van der Waals surface area contributed by atoms with Gasteiger partial charge < -0.3 is 4.42 Å². The standard InChI is InChI=1S/C22H14O/c1-2-6-17-14-20-18(13-16(17)5-1)11-10-15-7-3-8-19(22(15)20)21-9-4-12-23-21/h1-14H. The van der Waals surface area contributed by atoms with E-state index in [4.69, 9.17) is 4.42 Å². The molecule has 0 N–H and O–H groups in total. The largest absolute Gasteiger partial charge is 0.464 e. The fraction of sp³-hybridized carbons (Fsp3) is 0. The van der Waals surface area contributed by atoms with Crippen LogP contribution in [0.4, 0.5) is 0 Å². The second-order valence-electron chi connectivity index (χ2n) is 5.87. The summed E-state index contributed by atoms with van der Waals surface area (Å²) in [6.45, 7) is 0. The summed E-state index contributed by atoms with van der Waals surface area (Å²) in [6.07, 6.45) is 1.73. The predicted octanol–water partition coefficient (Wildman–Crippen LogP) is 6.41. The molecule has 5 aromatic rings. The summed E-state index contributed by atoms with van der Waals surface area (Å²) in [6, 6.07) is 27.8. The molecular formula is C22H14O. The third kappa shape index (κ3) is 1.87. The Morgan fingerprint density at radius 1 is 0.565 bits per heavy atom. The van der Waals surface area contributed by atoms with E-state index in [1.807, 2.05) is 12.1 Å². The molecule has 5 rings (SSSR count). The van der Waals surface area contributed by atoms with E-state index in [-0.39, 0.29) is 0 Å². The fourth-order valence-electron chi connectivity index (χ4n) is 3.44. The van der Waals surface area contributed by atoms with Crippen molar-refractivity contribution in [2.75, 3.05) is 0 Å². The highest BCUT2D eigenvalue weighted by Crippen LogP contribution is 2.36. The molecule has 0 fully saturated rings. The minimum atomic E-state index is 0.913. The third-order valence-electron chi connectivity index (χ3n) is 4.51. The molecule has 0 aliphatic carbocycles. The third-order valence-corrected chi connectivity index (χ3v) is 4.51. The first-order valence-electron chi connectivity index (χ1n) is 7.78. The van der Waals surface area contributed by atoms with E-state index in [0.29, 0.717) is 0 Å². The summed E-state index contributed by atoms with van der Waals surface area (Å²) < 4.78 is 5.66. The molecule has 1 nitrogen and oxygen atoms in total. The summed E-state index contributed by atoms with van der Waals surface area (Å²) in [4.78, 5) is 0. The van der Waals surface area contributed by atoms with Gasteiger partial charge >= 0.3 is 0 Å². The molecule has 0 saturated heterocycles. The first-order chi connectivity index (χ1) is 11.4. The zero-order valence-corrected chi connectivity index (χ0v) is 12.5. The molecule has 0 aliphatic rings. The van der Waals surface area contributed by atoms with Gasteiger partial charge in [-0.25, -0.2) is 0 Å². The lowest BCUT2D eigenvalue weighted by Gasteiger charge is -2.10. The van der Waals surface area contributed by atoms with E-state index >= 15 is 0 Å². The fourth-order valence-corrected chi connectivity index (χ4v) is 3.44. The van der Waals surface area contributed by atoms with E-state index in [0.717, 1.165) is 11.3 Å². The number of hydrogen-bond donors (Lipinski definition) is 0. The van der Waals surface area contributed by atoms with Crippen molar-refractivity contribution in [2.24, 2.45) is 0 Å². The van der Waals surface area contributed by atoms with Crippen molar-refractivity contribution in [3.8, 4) is 11.3 Å². The number of hydrogen-bond acceptors (Lipinski definition) is 1. The smallest absolute Gasteiger partial charge is 0.134 e. The Kier molecular flexibility index (Phi) is 2.56. The summed E-state index contributed by atoms with van der Waals surface area (Å²) in [7, 11) is 0. The lowest BCUT2D eigenvalue weighted by molar-refractivity contribution is 0.583. The minimum absolute atomic E-state index is 0.913. The van der Waals surface area contributed by atoms with Crippen molar-refractivity contribution < 1.29 is 4.42 Å². The Labute approximate surface area is 133 Å². The van der Waals surface area contributed by atoms with Crippen molar-refractivity contribution in [1.82, 2.24) is 0 Å². The van der Waals surface area contributed by atoms with E-state index in [9.17, 15) is 0 Å². The molecule has 0 spiro atoms. The molecule has 0 saturated carbocycles. The van der Waals surface area contributed by atoms with Crippen molar-refractivity contribution in [3.63, 3.8) is 0 Å². The molecule has 0 atom stereocenters. The average molecular weight is 294 g/mol. The highest BCUT2D eigenvalue weighted by molar-refractivity contribution is 6.16. The molecule has 108 valence electrons. The van der Waals surface area contributed by atoms with Gasteiger partial charge in [-0.1, -0.05) is 54.6 Å². The molecule has 0 amide bonds. The number of furan rings is 1. The van der Waals surface area contributed by atoms with E-state index in [2.05, 4.69) is 66.7 Å². The van der Waals surface area contributed by atoms with E-state index < -0.39 is 0 Å². The lowest BCUT2D eigenvalue weighted by Crippen LogP contribution is -1.83. The first kappa shape index (κ1) is 12.5. The van der Waals surface area contributed by atoms with E-state index in [1.54, 1.807) is 6.26 Å². The molecule has 0 aliphatic heterocycles. The van der Waals surface area contributed by atoms with Crippen LogP contribution in [0, 0.1) is 0 Å². The molecule has 4 aromatic carbocycles. The SMILES string of the molecule is c1coc(-c2cccc3ccc4cc5ccccc5cc4c23)c1. The summed E-state index contributed by atoms with van der Waals surface area (Å²) in [5.41, 5.74) is 1.15. The van der Waals surface area contributed by atoms with Crippen LogP contribution >= 0.6 is 0 Å². The maximum Gasteiger partial charge on any atom is 0.134 e. The van der Waals surface area contributed by atoms with Gasteiger partial charge in [-0.2, -0.15) is 0 Å². The molecular weight excluding hydrogens is 280 g/mol. The monoisotopic (exact) mass is 294 g/mol. The second kappa shape index (κ2) is 4.72. The van der Waals surface area contributed by atoms with Gasteiger partial charge in [-0.15, -0.1) is 0 Å². The average Bonchev–Trinajstić information content (AvgIpc) is 3.14. The second-order valence-corrected chi connectivity index (χ2v) is 5.87. The maximum absolute atomic E-state index is 5.66. The number of fused-ring (bicyclic) bond motifs is 4. The van der Waals surface area contributed by atoms with Crippen LogP contribution in [0.1, 0.15) is 0 Å². The van der Waals surface area contributed by atoms with Gasteiger partial charge in [0.15, 0.2) is 0 Å². The zero-order chi connectivity index (χ0) is 15.2. The minimum Gasteiger partial charge on any atom is -0.464 e. The molecule has 0 bridgehead atoms. The van der Waals surface area contributed by atoms with Crippen LogP contribution in [-0.2, 0) is 0 Å². The first-order valence-corrected chi connectivity index (χ1v) is 7.78. The zero-order valence-electron chi connectivity index (χ0n) is 12.5. The summed E-state index contributed by atoms with van der Waals surface area (Å²) in [5.74, 6) is 0.913. The summed E-state index contributed by atoms with van der Waals surface area (Å²) >= 11 is 0. The van der Waals surface area contributed by atoms with Crippen LogP contribution in [0.3, 0.4) is 0 Å². The predicted molar refractivity (Wildman–Crippen MR) is 96.7 cm³/mol. The highest BCUT2D eigenvalue weighted by Gasteiger charge is 2.10. The topological polar surface area (TPSA) is 13.1 Å². The number of rotatable bonds is 1. The lowest BCUT2D eigenvalue weighted by atomic mass is 9.94. The quantitative estimate of drug-likeness (QED) is 0.257. The van der Waals surface area contributed by atoms with Crippen LogP contribution in [0.5, 0.6) is 0 Å². The van der Waals surface area contributed by atoms with Gasteiger partial charge in [-0.05, 0) is 51.2 Å².